The van der Waals surface area contributed by atoms with Crippen molar-refractivity contribution in [1.29, 1.82) is 0 Å². The van der Waals surface area contributed by atoms with Crippen molar-refractivity contribution in [3.63, 3.8) is 0 Å². The second-order valence-electron chi connectivity index (χ2n) is 5.30. The zero-order valence-corrected chi connectivity index (χ0v) is 13.1. The predicted molar refractivity (Wildman–Crippen MR) is 82.0 cm³/mol. The van der Waals surface area contributed by atoms with Crippen LogP contribution in [-0.2, 0) is 21.2 Å². The summed E-state index contributed by atoms with van der Waals surface area (Å²) in [5.41, 5.74) is 0. The molecule has 6 nitrogen and oxygen atoms in total. The number of benzene rings is 1. The van der Waals surface area contributed by atoms with Crippen LogP contribution in [0, 0.1) is 0 Å². The Morgan fingerprint density at radius 2 is 1.96 bits per heavy atom. The van der Waals surface area contributed by atoms with Gasteiger partial charge in [-0.25, -0.2) is 13.2 Å². The van der Waals surface area contributed by atoms with Crippen molar-refractivity contribution in [2.24, 2.45) is 0 Å². The number of esters is 1. The standard InChI is InChI=1S/C16H16O6S/c17-16(22-14-8-9-23(18,19)11-14)15-7-6-13(21-15)10-20-12-4-2-1-3-5-12/h1-7,14H,8-11H2/t14-/m0/s1. The Morgan fingerprint density at radius 3 is 2.65 bits per heavy atom. The van der Waals surface area contributed by atoms with E-state index in [1.165, 1.54) is 6.07 Å². The second-order valence-corrected chi connectivity index (χ2v) is 7.53. The molecule has 1 aliphatic rings. The fourth-order valence-corrected chi connectivity index (χ4v) is 3.89. The maximum atomic E-state index is 11.9. The summed E-state index contributed by atoms with van der Waals surface area (Å²) in [5.74, 6) is 0.505. The summed E-state index contributed by atoms with van der Waals surface area (Å²) in [6.07, 6.45) is -0.264. The number of carbonyl (C=O) groups is 1. The first-order chi connectivity index (χ1) is 11.0. The fourth-order valence-electron chi connectivity index (χ4n) is 2.30. The molecule has 0 aliphatic carbocycles. The molecule has 0 spiro atoms. The molecule has 1 saturated heterocycles. The molecular weight excluding hydrogens is 320 g/mol. The number of rotatable bonds is 5. The molecule has 0 bridgehead atoms. The van der Waals surface area contributed by atoms with E-state index < -0.39 is 21.9 Å². The lowest BCUT2D eigenvalue weighted by Crippen LogP contribution is -2.19. The highest BCUT2D eigenvalue weighted by atomic mass is 32.2. The monoisotopic (exact) mass is 336 g/mol. The molecule has 1 atom stereocenters. The first kappa shape index (κ1) is 15.6. The van der Waals surface area contributed by atoms with Gasteiger partial charge in [0.05, 0.1) is 11.5 Å². The molecule has 2 heterocycles. The van der Waals surface area contributed by atoms with Crippen LogP contribution >= 0.6 is 0 Å². The van der Waals surface area contributed by atoms with Crippen LogP contribution < -0.4 is 4.74 Å². The molecule has 7 heteroatoms. The van der Waals surface area contributed by atoms with Gasteiger partial charge in [-0.3, -0.25) is 0 Å². The number of hydrogen-bond acceptors (Lipinski definition) is 6. The Labute approximate surface area is 133 Å². The van der Waals surface area contributed by atoms with Gasteiger partial charge in [-0.2, -0.15) is 0 Å². The number of carbonyl (C=O) groups excluding carboxylic acids is 1. The molecule has 0 radical (unpaired) electrons. The van der Waals surface area contributed by atoms with Gasteiger partial charge in [0.25, 0.3) is 0 Å². The number of para-hydroxylation sites is 1. The molecule has 122 valence electrons. The number of sulfone groups is 1. The van der Waals surface area contributed by atoms with E-state index in [2.05, 4.69) is 0 Å². The third kappa shape index (κ3) is 4.13. The first-order valence-corrected chi connectivity index (χ1v) is 9.02. The average Bonchev–Trinajstić information content (AvgIpc) is 3.13. The second kappa shape index (κ2) is 6.45. The summed E-state index contributed by atoms with van der Waals surface area (Å²) in [6, 6.07) is 12.4. The molecule has 2 aromatic rings. The minimum absolute atomic E-state index is 0.0426. The van der Waals surface area contributed by atoms with Gasteiger partial charge < -0.3 is 13.9 Å². The predicted octanol–water partition coefficient (Wildman–Crippen LogP) is 2.20. The van der Waals surface area contributed by atoms with Crippen LogP contribution in [0.15, 0.2) is 46.9 Å². The van der Waals surface area contributed by atoms with Gasteiger partial charge in [-0.1, -0.05) is 18.2 Å². The Morgan fingerprint density at radius 1 is 1.17 bits per heavy atom. The quantitative estimate of drug-likeness (QED) is 0.779. The Hall–Kier alpha value is -2.28. The molecule has 23 heavy (non-hydrogen) atoms. The van der Waals surface area contributed by atoms with E-state index in [9.17, 15) is 13.2 Å². The molecule has 0 saturated carbocycles. The van der Waals surface area contributed by atoms with E-state index in [0.717, 1.165) is 0 Å². The normalized spacial score (nSPS) is 19.4. The summed E-state index contributed by atoms with van der Waals surface area (Å²) in [6.45, 7) is 0.190. The third-order valence-electron chi connectivity index (χ3n) is 3.45. The van der Waals surface area contributed by atoms with E-state index >= 15 is 0 Å². The minimum Gasteiger partial charge on any atom is -0.486 e. The molecule has 1 aromatic carbocycles. The van der Waals surface area contributed by atoms with Gasteiger partial charge in [-0.15, -0.1) is 0 Å². The van der Waals surface area contributed by atoms with Crippen molar-refractivity contribution < 1.29 is 27.1 Å². The largest absolute Gasteiger partial charge is 0.486 e. The topological polar surface area (TPSA) is 82.8 Å². The van der Waals surface area contributed by atoms with Gasteiger partial charge in [-0.05, 0) is 30.7 Å². The zero-order valence-electron chi connectivity index (χ0n) is 12.3. The molecule has 1 aromatic heterocycles. The van der Waals surface area contributed by atoms with Gasteiger partial charge in [0.2, 0.25) is 5.76 Å². The van der Waals surface area contributed by atoms with Crippen molar-refractivity contribution in [3.05, 3.63) is 54.0 Å². The zero-order chi connectivity index (χ0) is 16.3. The van der Waals surface area contributed by atoms with Gasteiger partial charge >= 0.3 is 5.97 Å². The summed E-state index contributed by atoms with van der Waals surface area (Å²) < 4.78 is 38.8. The van der Waals surface area contributed by atoms with Crippen LogP contribution in [0.5, 0.6) is 5.75 Å². The average molecular weight is 336 g/mol. The van der Waals surface area contributed by atoms with E-state index in [4.69, 9.17) is 13.9 Å². The van der Waals surface area contributed by atoms with Crippen LogP contribution in [0.4, 0.5) is 0 Å². The van der Waals surface area contributed by atoms with Crippen molar-refractivity contribution in [3.8, 4) is 5.75 Å². The van der Waals surface area contributed by atoms with E-state index in [-0.39, 0.29) is 23.9 Å². The van der Waals surface area contributed by atoms with Crippen molar-refractivity contribution in [2.75, 3.05) is 11.5 Å². The van der Waals surface area contributed by atoms with Gasteiger partial charge in [0, 0.05) is 0 Å². The van der Waals surface area contributed by atoms with E-state index in [1.807, 2.05) is 30.3 Å². The van der Waals surface area contributed by atoms with Crippen molar-refractivity contribution in [2.45, 2.75) is 19.1 Å². The number of ether oxygens (including phenoxy) is 2. The lowest BCUT2D eigenvalue weighted by atomic mass is 10.3. The molecule has 0 N–H and O–H groups in total. The summed E-state index contributed by atoms with van der Waals surface area (Å²) in [5, 5.41) is 0. The van der Waals surface area contributed by atoms with Crippen LogP contribution in [0.2, 0.25) is 0 Å². The Balaban J connectivity index is 1.55. The molecule has 3 rings (SSSR count). The Kier molecular flexibility index (Phi) is 4.38. The van der Waals surface area contributed by atoms with Crippen molar-refractivity contribution >= 4 is 15.8 Å². The fraction of sp³-hybridized carbons (Fsp3) is 0.312. The molecule has 1 aliphatic heterocycles. The summed E-state index contributed by atoms with van der Waals surface area (Å²) in [7, 11) is -3.09. The molecular formula is C16H16O6S. The summed E-state index contributed by atoms with van der Waals surface area (Å²) in [4.78, 5) is 11.9. The van der Waals surface area contributed by atoms with E-state index in [1.54, 1.807) is 6.07 Å². The van der Waals surface area contributed by atoms with Crippen LogP contribution in [0.25, 0.3) is 0 Å². The smallest absolute Gasteiger partial charge is 0.374 e. The maximum absolute atomic E-state index is 11.9. The number of furan rings is 1. The first-order valence-electron chi connectivity index (χ1n) is 7.20. The van der Waals surface area contributed by atoms with Crippen LogP contribution in [-0.4, -0.2) is 32.0 Å². The van der Waals surface area contributed by atoms with Gasteiger partial charge in [0.15, 0.2) is 9.84 Å². The Bertz CT molecular complexity index is 778. The maximum Gasteiger partial charge on any atom is 0.374 e. The molecule has 0 amide bonds. The van der Waals surface area contributed by atoms with Gasteiger partial charge in [0.1, 0.15) is 24.2 Å². The highest BCUT2D eigenvalue weighted by molar-refractivity contribution is 7.91. The molecule has 0 unspecified atom stereocenters. The summed E-state index contributed by atoms with van der Waals surface area (Å²) >= 11 is 0. The van der Waals surface area contributed by atoms with Crippen LogP contribution in [0.1, 0.15) is 22.7 Å². The highest BCUT2D eigenvalue weighted by Gasteiger charge is 2.31. The SMILES string of the molecule is O=C(O[C@H]1CCS(=O)(=O)C1)c1ccc(COc2ccccc2)o1. The van der Waals surface area contributed by atoms with E-state index in [0.29, 0.717) is 17.9 Å². The molecule has 1 fully saturated rings. The lowest BCUT2D eigenvalue weighted by molar-refractivity contribution is 0.0316. The number of hydrogen-bond donors (Lipinski definition) is 0. The lowest BCUT2D eigenvalue weighted by Gasteiger charge is -2.08. The highest BCUT2D eigenvalue weighted by Crippen LogP contribution is 2.18. The minimum atomic E-state index is -3.09. The van der Waals surface area contributed by atoms with Crippen LogP contribution in [0.3, 0.4) is 0 Å². The third-order valence-corrected chi connectivity index (χ3v) is 5.19. The van der Waals surface area contributed by atoms with Crippen molar-refractivity contribution in [1.82, 2.24) is 0 Å².